The molecule has 2 aromatic rings. The summed E-state index contributed by atoms with van der Waals surface area (Å²) in [6.07, 6.45) is 2.19. The SMILES string of the molecule is Cc1nc(-c2ccccc2)c(C(=O)OCC(=O)N2CCCC[C@H]2C(N)=O)s1. The highest BCUT2D eigenvalue weighted by atomic mass is 32.1. The standard InChI is InChI=1S/C19H21N3O4S/c1-12-21-16(13-7-3-2-4-8-13)17(27-12)19(25)26-11-15(23)22-10-6-5-9-14(22)18(20)24/h2-4,7-8,14H,5-6,9-11H2,1H3,(H2,20,24)/t14-/m0/s1. The van der Waals surface area contributed by atoms with Gasteiger partial charge < -0.3 is 15.4 Å². The second kappa shape index (κ2) is 8.30. The minimum absolute atomic E-state index is 0.358. The number of thiazole rings is 1. The topological polar surface area (TPSA) is 103 Å². The second-order valence-electron chi connectivity index (χ2n) is 6.35. The molecule has 0 radical (unpaired) electrons. The van der Waals surface area contributed by atoms with E-state index in [1.807, 2.05) is 37.3 Å². The molecular weight excluding hydrogens is 366 g/mol. The highest BCUT2D eigenvalue weighted by Crippen LogP contribution is 2.28. The molecule has 1 aliphatic rings. The molecule has 142 valence electrons. The number of primary amides is 1. The Hall–Kier alpha value is -2.74. The number of carbonyl (C=O) groups is 3. The number of aromatic nitrogens is 1. The number of hydrogen-bond donors (Lipinski definition) is 1. The Morgan fingerprint density at radius 2 is 2.00 bits per heavy atom. The fourth-order valence-corrected chi connectivity index (χ4v) is 3.99. The summed E-state index contributed by atoms with van der Waals surface area (Å²) in [5.74, 6) is -1.53. The number of piperidine rings is 1. The molecular formula is C19H21N3O4S. The van der Waals surface area contributed by atoms with Crippen LogP contribution in [0.25, 0.3) is 11.3 Å². The lowest BCUT2D eigenvalue weighted by atomic mass is 10.0. The lowest BCUT2D eigenvalue weighted by Gasteiger charge is -2.33. The van der Waals surface area contributed by atoms with Crippen LogP contribution in [0.4, 0.5) is 0 Å². The van der Waals surface area contributed by atoms with Crippen molar-refractivity contribution in [3.05, 3.63) is 40.2 Å². The summed E-state index contributed by atoms with van der Waals surface area (Å²) in [6, 6.07) is 8.71. The number of nitrogens with two attached hydrogens (primary N) is 1. The minimum Gasteiger partial charge on any atom is -0.451 e. The molecule has 1 aromatic heterocycles. The number of hydrogen-bond acceptors (Lipinski definition) is 6. The third-order valence-electron chi connectivity index (χ3n) is 4.45. The molecule has 0 unspecified atom stereocenters. The molecule has 2 heterocycles. The normalized spacial score (nSPS) is 16.8. The van der Waals surface area contributed by atoms with Crippen LogP contribution in [0.3, 0.4) is 0 Å². The van der Waals surface area contributed by atoms with Gasteiger partial charge in [-0.1, -0.05) is 30.3 Å². The maximum atomic E-state index is 12.5. The molecule has 0 spiro atoms. The summed E-state index contributed by atoms with van der Waals surface area (Å²) in [7, 11) is 0. The van der Waals surface area contributed by atoms with Crippen molar-refractivity contribution in [2.75, 3.05) is 13.2 Å². The third-order valence-corrected chi connectivity index (χ3v) is 5.40. The van der Waals surface area contributed by atoms with Gasteiger partial charge in [0.2, 0.25) is 5.91 Å². The van der Waals surface area contributed by atoms with Crippen LogP contribution in [-0.4, -0.2) is 46.9 Å². The zero-order chi connectivity index (χ0) is 19.4. The summed E-state index contributed by atoms with van der Waals surface area (Å²) in [5.41, 5.74) is 6.74. The largest absolute Gasteiger partial charge is 0.451 e. The first kappa shape index (κ1) is 19.0. The summed E-state index contributed by atoms with van der Waals surface area (Å²) in [6.45, 7) is 1.83. The van der Waals surface area contributed by atoms with E-state index in [4.69, 9.17) is 10.5 Å². The average Bonchev–Trinajstić information content (AvgIpc) is 3.08. The molecule has 1 atom stereocenters. The first-order valence-corrected chi connectivity index (χ1v) is 9.57. The van der Waals surface area contributed by atoms with Gasteiger partial charge in [0.25, 0.3) is 5.91 Å². The molecule has 1 fully saturated rings. The second-order valence-corrected chi connectivity index (χ2v) is 7.56. The Morgan fingerprint density at radius 1 is 1.26 bits per heavy atom. The third kappa shape index (κ3) is 4.33. The minimum atomic E-state index is -0.629. The summed E-state index contributed by atoms with van der Waals surface area (Å²) < 4.78 is 5.23. The molecule has 1 saturated heterocycles. The van der Waals surface area contributed by atoms with Crippen LogP contribution in [0.5, 0.6) is 0 Å². The van der Waals surface area contributed by atoms with Crippen LogP contribution in [-0.2, 0) is 14.3 Å². The van der Waals surface area contributed by atoms with Gasteiger partial charge in [0, 0.05) is 12.1 Å². The Bertz CT molecular complexity index is 850. The van der Waals surface area contributed by atoms with Crippen molar-refractivity contribution >= 4 is 29.1 Å². The fraction of sp³-hybridized carbons (Fsp3) is 0.368. The van der Waals surface area contributed by atoms with Crippen molar-refractivity contribution in [1.82, 2.24) is 9.88 Å². The van der Waals surface area contributed by atoms with Gasteiger partial charge in [-0.05, 0) is 26.2 Å². The maximum absolute atomic E-state index is 12.5. The molecule has 0 bridgehead atoms. The predicted octanol–water partition coefficient (Wildman–Crippen LogP) is 2.14. The Labute approximate surface area is 161 Å². The molecule has 7 nitrogen and oxygen atoms in total. The van der Waals surface area contributed by atoms with Gasteiger partial charge in [0.15, 0.2) is 6.61 Å². The lowest BCUT2D eigenvalue weighted by Crippen LogP contribution is -2.51. The average molecular weight is 387 g/mol. The molecule has 2 amide bonds. The van der Waals surface area contributed by atoms with Crippen LogP contribution in [0.2, 0.25) is 0 Å². The molecule has 8 heteroatoms. The monoisotopic (exact) mass is 387 g/mol. The van der Waals surface area contributed by atoms with E-state index in [2.05, 4.69) is 4.98 Å². The summed E-state index contributed by atoms with van der Waals surface area (Å²) in [5, 5.41) is 0.733. The number of nitrogens with zero attached hydrogens (tertiary/aromatic N) is 2. The number of benzene rings is 1. The zero-order valence-electron chi connectivity index (χ0n) is 15.0. The number of ether oxygens (including phenoxy) is 1. The molecule has 1 aliphatic heterocycles. The van der Waals surface area contributed by atoms with Gasteiger partial charge in [0.05, 0.1) is 10.7 Å². The van der Waals surface area contributed by atoms with Gasteiger partial charge in [-0.15, -0.1) is 11.3 Å². The number of rotatable bonds is 5. The van der Waals surface area contributed by atoms with Gasteiger partial charge in [0.1, 0.15) is 10.9 Å². The predicted molar refractivity (Wildman–Crippen MR) is 101 cm³/mol. The molecule has 0 saturated carbocycles. The van der Waals surface area contributed by atoms with Gasteiger partial charge in [-0.2, -0.15) is 0 Å². The first-order chi connectivity index (χ1) is 13.0. The van der Waals surface area contributed by atoms with Gasteiger partial charge in [-0.3, -0.25) is 9.59 Å². The molecule has 27 heavy (non-hydrogen) atoms. The Balaban J connectivity index is 1.70. The smallest absolute Gasteiger partial charge is 0.351 e. The highest BCUT2D eigenvalue weighted by molar-refractivity contribution is 7.14. The van der Waals surface area contributed by atoms with E-state index in [0.29, 0.717) is 23.5 Å². The van der Waals surface area contributed by atoms with Crippen molar-refractivity contribution in [2.45, 2.75) is 32.2 Å². The Kier molecular flexibility index (Phi) is 5.85. The van der Waals surface area contributed by atoms with E-state index in [9.17, 15) is 14.4 Å². The van der Waals surface area contributed by atoms with Crippen LogP contribution < -0.4 is 5.73 Å². The van der Waals surface area contributed by atoms with Crippen LogP contribution in [0.15, 0.2) is 30.3 Å². The quantitative estimate of drug-likeness (QED) is 0.792. The molecule has 0 aliphatic carbocycles. The van der Waals surface area contributed by atoms with Crippen LogP contribution >= 0.6 is 11.3 Å². The van der Waals surface area contributed by atoms with E-state index >= 15 is 0 Å². The lowest BCUT2D eigenvalue weighted by molar-refractivity contribution is -0.143. The zero-order valence-corrected chi connectivity index (χ0v) is 15.8. The van der Waals surface area contributed by atoms with E-state index in [0.717, 1.165) is 23.4 Å². The van der Waals surface area contributed by atoms with Crippen LogP contribution in [0.1, 0.15) is 33.9 Å². The fourth-order valence-electron chi connectivity index (χ4n) is 3.16. The van der Waals surface area contributed by atoms with Gasteiger partial charge >= 0.3 is 5.97 Å². The highest BCUT2D eigenvalue weighted by Gasteiger charge is 2.31. The van der Waals surface area contributed by atoms with Crippen molar-refractivity contribution in [3.8, 4) is 11.3 Å². The number of likely N-dealkylation sites (tertiary alicyclic amines) is 1. The molecule has 2 N–H and O–H groups in total. The van der Waals surface area contributed by atoms with Crippen molar-refractivity contribution in [2.24, 2.45) is 5.73 Å². The summed E-state index contributed by atoms with van der Waals surface area (Å²) >= 11 is 1.23. The number of esters is 1. The van der Waals surface area contributed by atoms with Crippen LogP contribution in [0, 0.1) is 6.92 Å². The molecule has 1 aromatic carbocycles. The maximum Gasteiger partial charge on any atom is 0.351 e. The van der Waals surface area contributed by atoms with Crippen molar-refractivity contribution in [1.29, 1.82) is 0 Å². The van der Waals surface area contributed by atoms with E-state index in [1.54, 1.807) is 0 Å². The van der Waals surface area contributed by atoms with E-state index < -0.39 is 30.4 Å². The van der Waals surface area contributed by atoms with E-state index in [1.165, 1.54) is 16.2 Å². The Morgan fingerprint density at radius 3 is 2.70 bits per heavy atom. The van der Waals surface area contributed by atoms with Gasteiger partial charge in [-0.25, -0.2) is 9.78 Å². The number of carbonyl (C=O) groups excluding carboxylic acids is 3. The summed E-state index contributed by atoms with van der Waals surface area (Å²) in [4.78, 5) is 42.7. The van der Waals surface area contributed by atoms with Crippen molar-refractivity contribution in [3.63, 3.8) is 0 Å². The number of amides is 2. The number of aryl methyl sites for hydroxylation is 1. The first-order valence-electron chi connectivity index (χ1n) is 8.76. The van der Waals surface area contributed by atoms with E-state index in [-0.39, 0.29) is 0 Å². The van der Waals surface area contributed by atoms with Crippen molar-refractivity contribution < 1.29 is 19.1 Å². The molecule has 3 rings (SSSR count).